The standard InChI is InChI=1S/C14H22FNO/c1-3-12(11-17)10-16(2)9-8-13-6-4-5-7-14(13)15/h4-7,12,17H,3,8-11H2,1-2H3. The summed E-state index contributed by atoms with van der Waals surface area (Å²) < 4.78 is 13.4. The van der Waals surface area contributed by atoms with Crippen molar-refractivity contribution < 1.29 is 9.50 Å². The minimum Gasteiger partial charge on any atom is -0.396 e. The first-order valence-corrected chi connectivity index (χ1v) is 6.20. The second kappa shape index (κ2) is 7.41. The van der Waals surface area contributed by atoms with Crippen LogP contribution in [-0.4, -0.2) is 36.8 Å². The van der Waals surface area contributed by atoms with Gasteiger partial charge in [0.05, 0.1) is 0 Å². The lowest BCUT2D eigenvalue weighted by Gasteiger charge is -2.21. The van der Waals surface area contributed by atoms with Gasteiger partial charge in [-0.05, 0) is 37.4 Å². The molecule has 0 bridgehead atoms. The van der Waals surface area contributed by atoms with E-state index in [2.05, 4.69) is 11.8 Å². The fourth-order valence-corrected chi connectivity index (χ4v) is 1.86. The van der Waals surface area contributed by atoms with Gasteiger partial charge in [-0.25, -0.2) is 4.39 Å². The maximum absolute atomic E-state index is 13.4. The first-order chi connectivity index (χ1) is 8.17. The molecule has 0 fully saturated rings. The summed E-state index contributed by atoms with van der Waals surface area (Å²) in [6, 6.07) is 6.90. The van der Waals surface area contributed by atoms with E-state index in [1.807, 2.05) is 19.2 Å². The van der Waals surface area contributed by atoms with Crippen molar-refractivity contribution >= 4 is 0 Å². The van der Waals surface area contributed by atoms with E-state index in [-0.39, 0.29) is 12.4 Å². The van der Waals surface area contributed by atoms with E-state index >= 15 is 0 Å². The van der Waals surface area contributed by atoms with E-state index in [0.717, 1.165) is 25.1 Å². The number of nitrogens with zero attached hydrogens (tertiary/aromatic N) is 1. The number of aliphatic hydroxyl groups excluding tert-OH is 1. The van der Waals surface area contributed by atoms with Gasteiger partial charge in [0.1, 0.15) is 5.82 Å². The zero-order valence-corrected chi connectivity index (χ0v) is 10.7. The molecule has 1 rings (SSSR count). The van der Waals surface area contributed by atoms with Crippen LogP contribution in [0.15, 0.2) is 24.3 Å². The van der Waals surface area contributed by atoms with Crippen molar-refractivity contribution in [2.45, 2.75) is 19.8 Å². The van der Waals surface area contributed by atoms with Gasteiger partial charge in [-0.15, -0.1) is 0 Å². The third kappa shape index (κ3) is 4.84. The van der Waals surface area contributed by atoms with Crippen LogP contribution >= 0.6 is 0 Å². The molecule has 0 aliphatic heterocycles. The van der Waals surface area contributed by atoms with Gasteiger partial charge in [0, 0.05) is 19.7 Å². The summed E-state index contributed by atoms with van der Waals surface area (Å²) in [4.78, 5) is 2.15. The molecule has 0 saturated carbocycles. The Morgan fingerprint density at radius 2 is 2.06 bits per heavy atom. The lowest BCUT2D eigenvalue weighted by atomic mass is 10.1. The van der Waals surface area contributed by atoms with E-state index in [9.17, 15) is 4.39 Å². The largest absolute Gasteiger partial charge is 0.396 e. The minimum absolute atomic E-state index is 0.130. The molecule has 0 heterocycles. The molecule has 0 radical (unpaired) electrons. The number of halogens is 1. The van der Waals surface area contributed by atoms with Crippen LogP contribution in [0, 0.1) is 11.7 Å². The predicted octanol–water partition coefficient (Wildman–Crippen LogP) is 2.32. The third-order valence-corrected chi connectivity index (χ3v) is 3.13. The van der Waals surface area contributed by atoms with Crippen LogP contribution in [0.4, 0.5) is 4.39 Å². The molecule has 0 spiro atoms. The van der Waals surface area contributed by atoms with Crippen LogP contribution in [0.1, 0.15) is 18.9 Å². The first kappa shape index (κ1) is 14.1. The smallest absolute Gasteiger partial charge is 0.126 e. The summed E-state index contributed by atoms with van der Waals surface area (Å²) in [6.07, 6.45) is 1.69. The molecule has 17 heavy (non-hydrogen) atoms. The average molecular weight is 239 g/mol. The summed E-state index contributed by atoms with van der Waals surface area (Å²) in [5.74, 6) is 0.190. The Balaban J connectivity index is 2.38. The molecule has 3 heteroatoms. The Labute approximate surface area is 103 Å². The number of aliphatic hydroxyl groups is 1. The predicted molar refractivity (Wildman–Crippen MR) is 68.5 cm³/mol. The Kier molecular flexibility index (Phi) is 6.16. The monoisotopic (exact) mass is 239 g/mol. The average Bonchev–Trinajstić information content (AvgIpc) is 2.35. The highest BCUT2D eigenvalue weighted by Gasteiger charge is 2.09. The van der Waals surface area contributed by atoms with Gasteiger partial charge >= 0.3 is 0 Å². The highest BCUT2D eigenvalue weighted by Crippen LogP contribution is 2.09. The fraction of sp³-hybridized carbons (Fsp3) is 0.571. The maximum Gasteiger partial charge on any atom is 0.126 e. The molecule has 2 nitrogen and oxygen atoms in total. The summed E-state index contributed by atoms with van der Waals surface area (Å²) in [6.45, 7) is 3.98. The normalized spacial score (nSPS) is 13.0. The van der Waals surface area contributed by atoms with E-state index in [0.29, 0.717) is 12.3 Å². The zero-order chi connectivity index (χ0) is 12.7. The molecule has 1 atom stereocenters. The molecular formula is C14H22FNO. The van der Waals surface area contributed by atoms with Crippen LogP contribution in [0.3, 0.4) is 0 Å². The zero-order valence-electron chi connectivity index (χ0n) is 10.7. The van der Waals surface area contributed by atoms with Crippen molar-refractivity contribution in [2.75, 3.05) is 26.7 Å². The molecule has 1 unspecified atom stereocenters. The SMILES string of the molecule is CCC(CO)CN(C)CCc1ccccc1F. The molecule has 0 saturated heterocycles. The van der Waals surface area contributed by atoms with Crippen LogP contribution in [0.2, 0.25) is 0 Å². The number of benzene rings is 1. The Morgan fingerprint density at radius 3 is 2.65 bits per heavy atom. The number of likely N-dealkylation sites (N-methyl/N-ethyl adjacent to an activating group) is 1. The van der Waals surface area contributed by atoms with Gasteiger partial charge < -0.3 is 10.0 Å². The van der Waals surface area contributed by atoms with E-state index in [4.69, 9.17) is 5.11 Å². The van der Waals surface area contributed by atoms with Crippen molar-refractivity contribution in [3.63, 3.8) is 0 Å². The maximum atomic E-state index is 13.4. The van der Waals surface area contributed by atoms with Gasteiger partial charge in [-0.3, -0.25) is 0 Å². The van der Waals surface area contributed by atoms with E-state index in [1.54, 1.807) is 6.07 Å². The van der Waals surface area contributed by atoms with Crippen molar-refractivity contribution in [3.05, 3.63) is 35.6 Å². The van der Waals surface area contributed by atoms with E-state index in [1.165, 1.54) is 6.07 Å². The molecule has 1 aromatic carbocycles. The van der Waals surface area contributed by atoms with E-state index < -0.39 is 0 Å². The van der Waals surface area contributed by atoms with Gasteiger partial charge in [0.15, 0.2) is 0 Å². The highest BCUT2D eigenvalue weighted by molar-refractivity contribution is 5.17. The Bertz CT molecular complexity index is 326. The highest BCUT2D eigenvalue weighted by atomic mass is 19.1. The second-order valence-electron chi connectivity index (χ2n) is 4.56. The van der Waals surface area contributed by atoms with Crippen LogP contribution < -0.4 is 0 Å². The molecule has 1 aromatic rings. The molecular weight excluding hydrogens is 217 g/mol. The Morgan fingerprint density at radius 1 is 1.35 bits per heavy atom. The molecule has 0 aliphatic carbocycles. The second-order valence-corrected chi connectivity index (χ2v) is 4.56. The fourth-order valence-electron chi connectivity index (χ4n) is 1.86. The first-order valence-electron chi connectivity index (χ1n) is 6.20. The molecule has 0 aliphatic rings. The number of hydrogen-bond donors (Lipinski definition) is 1. The van der Waals surface area contributed by atoms with Crippen LogP contribution in [-0.2, 0) is 6.42 Å². The topological polar surface area (TPSA) is 23.5 Å². The van der Waals surface area contributed by atoms with Gasteiger partial charge in [-0.1, -0.05) is 25.1 Å². The summed E-state index contributed by atoms with van der Waals surface area (Å²) in [5, 5.41) is 9.12. The Hall–Kier alpha value is -0.930. The minimum atomic E-state index is -0.130. The van der Waals surface area contributed by atoms with Crippen LogP contribution in [0.25, 0.3) is 0 Å². The van der Waals surface area contributed by atoms with Crippen molar-refractivity contribution in [2.24, 2.45) is 5.92 Å². The summed E-state index contributed by atoms with van der Waals surface area (Å²) >= 11 is 0. The van der Waals surface area contributed by atoms with Crippen molar-refractivity contribution in [3.8, 4) is 0 Å². The van der Waals surface area contributed by atoms with Gasteiger partial charge in [0.2, 0.25) is 0 Å². The van der Waals surface area contributed by atoms with Gasteiger partial charge in [0.25, 0.3) is 0 Å². The van der Waals surface area contributed by atoms with Crippen LogP contribution in [0.5, 0.6) is 0 Å². The van der Waals surface area contributed by atoms with Crippen molar-refractivity contribution in [1.29, 1.82) is 0 Å². The molecule has 96 valence electrons. The quantitative estimate of drug-likeness (QED) is 0.789. The lowest BCUT2D eigenvalue weighted by molar-refractivity contribution is 0.177. The molecule has 1 N–H and O–H groups in total. The van der Waals surface area contributed by atoms with Crippen molar-refractivity contribution in [1.82, 2.24) is 4.90 Å². The summed E-state index contributed by atoms with van der Waals surface area (Å²) in [5.41, 5.74) is 0.761. The van der Waals surface area contributed by atoms with Gasteiger partial charge in [-0.2, -0.15) is 0 Å². The molecule has 0 aromatic heterocycles. The summed E-state index contributed by atoms with van der Waals surface area (Å²) in [7, 11) is 2.01. The molecule has 0 amide bonds. The number of hydrogen-bond acceptors (Lipinski definition) is 2. The number of rotatable bonds is 7. The third-order valence-electron chi connectivity index (χ3n) is 3.13. The lowest BCUT2D eigenvalue weighted by Crippen LogP contribution is -2.29.